The van der Waals surface area contributed by atoms with Crippen molar-refractivity contribution < 1.29 is 9.53 Å². The highest BCUT2D eigenvalue weighted by Gasteiger charge is 2.17. The molecule has 0 aliphatic heterocycles. The van der Waals surface area contributed by atoms with Crippen LogP contribution in [0.25, 0.3) is 10.8 Å². The Hall–Kier alpha value is -2.72. The third-order valence-electron chi connectivity index (χ3n) is 3.74. The molecular weight excluding hydrogens is 288 g/mol. The van der Waals surface area contributed by atoms with Crippen LogP contribution in [0.1, 0.15) is 11.1 Å². The third-order valence-corrected chi connectivity index (χ3v) is 3.74. The predicted octanol–water partition coefficient (Wildman–Crippen LogP) is 2.85. The number of rotatable bonds is 5. The van der Waals surface area contributed by atoms with Crippen molar-refractivity contribution in [3.8, 4) is 0 Å². The summed E-state index contributed by atoms with van der Waals surface area (Å²) in [5.41, 5.74) is 7.98. The number of nitrogens with zero attached hydrogens (tertiary/aromatic N) is 1. The van der Waals surface area contributed by atoms with Crippen molar-refractivity contribution in [2.45, 2.75) is 19.1 Å². The van der Waals surface area contributed by atoms with Crippen LogP contribution < -0.4 is 5.73 Å². The average Bonchev–Trinajstić information content (AvgIpc) is 2.61. The summed E-state index contributed by atoms with van der Waals surface area (Å²) in [5, 5.41) is 2.10. The van der Waals surface area contributed by atoms with Crippen molar-refractivity contribution in [3.63, 3.8) is 0 Å². The molecule has 4 heteroatoms. The molecule has 0 aliphatic carbocycles. The van der Waals surface area contributed by atoms with Crippen molar-refractivity contribution >= 4 is 16.7 Å². The summed E-state index contributed by atoms with van der Waals surface area (Å²) in [5.74, 6) is -0.389. The second-order valence-electron chi connectivity index (χ2n) is 5.42. The Labute approximate surface area is 134 Å². The van der Waals surface area contributed by atoms with E-state index in [1.165, 1.54) is 0 Å². The number of carbonyl (C=O) groups excluding carboxylic acids is 1. The maximum atomic E-state index is 12.1. The lowest BCUT2D eigenvalue weighted by atomic mass is 10.0. The van der Waals surface area contributed by atoms with E-state index in [1.807, 2.05) is 54.6 Å². The standard InChI is InChI=1S/C19H18N2O2/c20-18(19(22)23-13-14-5-2-1-3-6-14)11-15-7-4-8-16-12-21-10-9-17(15)16/h1-10,12,18H,11,13,20H2. The number of hydrogen-bond acceptors (Lipinski definition) is 4. The zero-order valence-electron chi connectivity index (χ0n) is 12.7. The Morgan fingerprint density at radius 3 is 2.74 bits per heavy atom. The number of nitrogens with two attached hydrogens (primary N) is 1. The summed E-state index contributed by atoms with van der Waals surface area (Å²) in [7, 11) is 0. The molecule has 1 atom stereocenters. The van der Waals surface area contributed by atoms with Gasteiger partial charge in [-0.05, 0) is 29.0 Å². The molecule has 0 saturated carbocycles. The van der Waals surface area contributed by atoms with E-state index >= 15 is 0 Å². The number of aromatic nitrogens is 1. The number of carbonyl (C=O) groups is 1. The van der Waals surface area contributed by atoms with Crippen molar-refractivity contribution in [3.05, 3.63) is 78.1 Å². The van der Waals surface area contributed by atoms with Crippen LogP contribution in [-0.4, -0.2) is 17.0 Å². The SMILES string of the molecule is NC(Cc1cccc2cnccc12)C(=O)OCc1ccccc1. The fraction of sp³-hybridized carbons (Fsp3) is 0.158. The number of fused-ring (bicyclic) bond motifs is 1. The highest BCUT2D eigenvalue weighted by atomic mass is 16.5. The lowest BCUT2D eigenvalue weighted by Crippen LogP contribution is -2.34. The summed E-state index contributed by atoms with van der Waals surface area (Å²) < 4.78 is 5.30. The lowest BCUT2D eigenvalue weighted by molar-refractivity contribution is -0.146. The van der Waals surface area contributed by atoms with Gasteiger partial charge in [0.05, 0.1) is 0 Å². The molecule has 0 fully saturated rings. The minimum absolute atomic E-state index is 0.243. The average molecular weight is 306 g/mol. The monoisotopic (exact) mass is 306 g/mol. The zero-order chi connectivity index (χ0) is 16.1. The molecule has 3 rings (SSSR count). The van der Waals surface area contributed by atoms with Crippen molar-refractivity contribution in [1.29, 1.82) is 0 Å². The lowest BCUT2D eigenvalue weighted by Gasteiger charge is -2.13. The van der Waals surface area contributed by atoms with Gasteiger partial charge in [0.2, 0.25) is 0 Å². The zero-order valence-corrected chi connectivity index (χ0v) is 12.7. The fourth-order valence-electron chi connectivity index (χ4n) is 2.52. The van der Waals surface area contributed by atoms with Crippen LogP contribution in [0.3, 0.4) is 0 Å². The summed E-state index contributed by atoms with van der Waals surface area (Å²) in [4.78, 5) is 16.2. The van der Waals surface area contributed by atoms with Gasteiger partial charge in [0.15, 0.2) is 0 Å². The smallest absolute Gasteiger partial charge is 0.323 e. The van der Waals surface area contributed by atoms with Crippen LogP contribution in [0.15, 0.2) is 67.0 Å². The Balaban J connectivity index is 1.66. The summed E-state index contributed by atoms with van der Waals surface area (Å²) >= 11 is 0. The first kappa shape index (κ1) is 15.2. The molecule has 2 N–H and O–H groups in total. The maximum absolute atomic E-state index is 12.1. The molecule has 2 aromatic carbocycles. The van der Waals surface area contributed by atoms with Crippen LogP contribution >= 0.6 is 0 Å². The molecular formula is C19H18N2O2. The van der Waals surface area contributed by atoms with Gasteiger partial charge in [-0.1, -0.05) is 48.5 Å². The molecule has 1 aromatic heterocycles. The Kier molecular flexibility index (Phi) is 4.64. The Morgan fingerprint density at radius 1 is 1.09 bits per heavy atom. The molecule has 116 valence electrons. The second-order valence-corrected chi connectivity index (χ2v) is 5.42. The Morgan fingerprint density at radius 2 is 1.91 bits per heavy atom. The molecule has 1 unspecified atom stereocenters. The van der Waals surface area contributed by atoms with Crippen LogP contribution in [0.4, 0.5) is 0 Å². The number of ether oxygens (including phenoxy) is 1. The van der Waals surface area contributed by atoms with E-state index in [1.54, 1.807) is 12.4 Å². The molecule has 0 aliphatic rings. The number of esters is 1. The quantitative estimate of drug-likeness (QED) is 0.736. The van der Waals surface area contributed by atoms with E-state index < -0.39 is 6.04 Å². The van der Waals surface area contributed by atoms with Gasteiger partial charge in [0, 0.05) is 17.8 Å². The largest absolute Gasteiger partial charge is 0.460 e. The summed E-state index contributed by atoms with van der Waals surface area (Å²) in [6, 6.07) is 16.7. The van der Waals surface area contributed by atoms with Gasteiger partial charge < -0.3 is 10.5 Å². The maximum Gasteiger partial charge on any atom is 0.323 e. The highest BCUT2D eigenvalue weighted by molar-refractivity contribution is 5.85. The van der Waals surface area contributed by atoms with Gasteiger partial charge in [-0.3, -0.25) is 9.78 Å². The van der Waals surface area contributed by atoms with E-state index in [4.69, 9.17) is 10.5 Å². The molecule has 0 saturated heterocycles. The normalized spacial score (nSPS) is 12.0. The molecule has 23 heavy (non-hydrogen) atoms. The molecule has 0 radical (unpaired) electrons. The number of hydrogen-bond donors (Lipinski definition) is 1. The Bertz CT molecular complexity index is 797. The predicted molar refractivity (Wildman–Crippen MR) is 89.7 cm³/mol. The van der Waals surface area contributed by atoms with Crippen LogP contribution in [-0.2, 0) is 22.6 Å². The topological polar surface area (TPSA) is 65.2 Å². The van der Waals surface area contributed by atoms with Crippen molar-refractivity contribution in [2.75, 3.05) is 0 Å². The fourth-order valence-corrected chi connectivity index (χ4v) is 2.52. The third kappa shape index (κ3) is 3.73. The van der Waals surface area contributed by atoms with Gasteiger partial charge in [0.25, 0.3) is 0 Å². The van der Waals surface area contributed by atoms with Gasteiger partial charge >= 0.3 is 5.97 Å². The first-order valence-electron chi connectivity index (χ1n) is 7.52. The minimum Gasteiger partial charge on any atom is -0.460 e. The summed E-state index contributed by atoms with van der Waals surface area (Å²) in [6.07, 6.45) is 3.98. The molecule has 1 heterocycles. The first-order valence-corrected chi connectivity index (χ1v) is 7.52. The molecule has 0 spiro atoms. The van der Waals surface area contributed by atoms with Gasteiger partial charge in [-0.25, -0.2) is 0 Å². The van der Waals surface area contributed by atoms with Crippen LogP contribution in [0.5, 0.6) is 0 Å². The van der Waals surface area contributed by atoms with Crippen LogP contribution in [0, 0.1) is 0 Å². The van der Waals surface area contributed by atoms with E-state index in [0.29, 0.717) is 6.42 Å². The van der Waals surface area contributed by atoms with Crippen molar-refractivity contribution in [1.82, 2.24) is 4.98 Å². The highest BCUT2D eigenvalue weighted by Crippen LogP contribution is 2.18. The molecule has 0 bridgehead atoms. The minimum atomic E-state index is -0.683. The van der Waals surface area contributed by atoms with E-state index in [0.717, 1.165) is 21.9 Å². The number of benzene rings is 2. The van der Waals surface area contributed by atoms with E-state index in [2.05, 4.69) is 4.98 Å². The summed E-state index contributed by atoms with van der Waals surface area (Å²) in [6.45, 7) is 0.243. The van der Waals surface area contributed by atoms with Gasteiger partial charge in [0.1, 0.15) is 12.6 Å². The van der Waals surface area contributed by atoms with Crippen LogP contribution in [0.2, 0.25) is 0 Å². The van der Waals surface area contributed by atoms with Gasteiger partial charge in [-0.2, -0.15) is 0 Å². The number of pyridine rings is 1. The van der Waals surface area contributed by atoms with Crippen molar-refractivity contribution in [2.24, 2.45) is 5.73 Å². The molecule has 0 amide bonds. The van der Waals surface area contributed by atoms with Gasteiger partial charge in [-0.15, -0.1) is 0 Å². The molecule has 3 aromatic rings. The second kappa shape index (κ2) is 7.03. The van der Waals surface area contributed by atoms with E-state index in [9.17, 15) is 4.79 Å². The first-order chi connectivity index (χ1) is 11.2. The molecule has 4 nitrogen and oxygen atoms in total. The van der Waals surface area contributed by atoms with E-state index in [-0.39, 0.29) is 12.6 Å².